The van der Waals surface area contributed by atoms with Crippen LogP contribution in [0.3, 0.4) is 0 Å². The highest BCUT2D eigenvalue weighted by Crippen LogP contribution is 2.34. The fourth-order valence-corrected chi connectivity index (χ4v) is 2.19. The van der Waals surface area contributed by atoms with E-state index in [2.05, 4.69) is 20.9 Å². The van der Waals surface area contributed by atoms with Crippen molar-refractivity contribution in [3.8, 4) is 11.5 Å². The van der Waals surface area contributed by atoms with Gasteiger partial charge in [0.15, 0.2) is 11.5 Å². The van der Waals surface area contributed by atoms with Crippen molar-refractivity contribution in [2.45, 2.75) is 6.92 Å². The van der Waals surface area contributed by atoms with Gasteiger partial charge in [0.2, 0.25) is 6.79 Å². The summed E-state index contributed by atoms with van der Waals surface area (Å²) >= 11 is 0. The van der Waals surface area contributed by atoms with Crippen molar-refractivity contribution in [1.29, 1.82) is 0 Å². The summed E-state index contributed by atoms with van der Waals surface area (Å²) in [6.45, 7) is 3.32. The molecule has 1 aliphatic heterocycles. The molecule has 0 atom stereocenters. The van der Waals surface area contributed by atoms with Crippen molar-refractivity contribution in [3.63, 3.8) is 0 Å². The van der Waals surface area contributed by atoms with Crippen LogP contribution in [-0.4, -0.2) is 30.9 Å². The fraction of sp³-hybridized carbons (Fsp3) is 0.250. The maximum Gasteiger partial charge on any atom is 0.319 e. The molecule has 0 saturated heterocycles. The average Bonchev–Trinajstić information content (AvgIpc) is 3.01. The van der Waals surface area contributed by atoms with Crippen molar-refractivity contribution in [1.82, 2.24) is 10.3 Å². The number of ether oxygens (including phenoxy) is 2. The molecule has 0 spiro atoms. The van der Waals surface area contributed by atoms with E-state index in [1.54, 1.807) is 30.6 Å². The van der Waals surface area contributed by atoms with Crippen LogP contribution in [0.2, 0.25) is 0 Å². The predicted octanol–water partition coefficient (Wildman–Crippen LogP) is 2.35. The monoisotopic (exact) mass is 314 g/mol. The molecule has 0 radical (unpaired) electrons. The first kappa shape index (κ1) is 15.0. The van der Waals surface area contributed by atoms with E-state index in [1.807, 2.05) is 13.0 Å². The highest BCUT2D eigenvalue weighted by atomic mass is 16.7. The Morgan fingerprint density at radius 2 is 2.09 bits per heavy atom. The molecule has 3 N–H and O–H groups in total. The lowest BCUT2D eigenvalue weighted by Crippen LogP contribution is -2.32. The first-order valence-electron chi connectivity index (χ1n) is 7.31. The fourth-order valence-electron chi connectivity index (χ4n) is 2.19. The summed E-state index contributed by atoms with van der Waals surface area (Å²) in [5.74, 6) is 1.32. The smallest absolute Gasteiger partial charge is 0.319 e. The van der Waals surface area contributed by atoms with Crippen molar-refractivity contribution >= 4 is 17.4 Å². The lowest BCUT2D eigenvalue weighted by molar-refractivity contribution is 0.174. The molecule has 0 aliphatic carbocycles. The minimum absolute atomic E-state index is 0.213. The summed E-state index contributed by atoms with van der Waals surface area (Å²) < 4.78 is 10.5. The highest BCUT2D eigenvalue weighted by molar-refractivity contribution is 5.89. The van der Waals surface area contributed by atoms with Gasteiger partial charge < -0.3 is 25.4 Å². The lowest BCUT2D eigenvalue weighted by atomic mass is 10.2. The summed E-state index contributed by atoms with van der Waals surface area (Å²) in [6, 6.07) is 6.91. The standard InChI is InChI=1S/C16H18N4O3/c1-11-9-17-5-4-13(11)18-6-7-19-16(21)20-12-2-3-14-15(8-12)23-10-22-14/h2-5,8-9H,6-7,10H2,1H3,(H,17,18)(H2,19,20,21). The molecule has 1 aromatic carbocycles. The minimum atomic E-state index is -0.267. The van der Waals surface area contributed by atoms with E-state index in [-0.39, 0.29) is 12.8 Å². The number of rotatable bonds is 5. The van der Waals surface area contributed by atoms with Gasteiger partial charge in [-0.3, -0.25) is 4.98 Å². The van der Waals surface area contributed by atoms with Crippen molar-refractivity contribution in [2.24, 2.45) is 0 Å². The number of anilines is 2. The number of pyridine rings is 1. The third-order valence-corrected chi connectivity index (χ3v) is 3.38. The third kappa shape index (κ3) is 3.82. The van der Waals surface area contributed by atoms with E-state index >= 15 is 0 Å². The Hall–Kier alpha value is -2.96. The zero-order valence-corrected chi connectivity index (χ0v) is 12.8. The SMILES string of the molecule is Cc1cnccc1NCCNC(=O)Nc1ccc2c(c1)OCO2. The Labute approximate surface area is 134 Å². The number of aromatic nitrogens is 1. The number of carbonyl (C=O) groups is 1. The average molecular weight is 314 g/mol. The highest BCUT2D eigenvalue weighted by Gasteiger charge is 2.13. The number of fused-ring (bicyclic) bond motifs is 1. The molecule has 120 valence electrons. The van der Waals surface area contributed by atoms with Gasteiger partial charge in [-0.05, 0) is 30.7 Å². The van der Waals surface area contributed by atoms with Gasteiger partial charge in [-0.1, -0.05) is 0 Å². The molecule has 1 aliphatic rings. The molecule has 2 aromatic rings. The molecule has 2 heterocycles. The van der Waals surface area contributed by atoms with Gasteiger partial charge >= 0.3 is 6.03 Å². The van der Waals surface area contributed by atoms with Gasteiger partial charge in [0, 0.05) is 42.9 Å². The molecule has 3 rings (SSSR count). The second-order valence-electron chi connectivity index (χ2n) is 5.07. The quantitative estimate of drug-likeness (QED) is 0.738. The maximum atomic E-state index is 11.9. The Kier molecular flexibility index (Phi) is 4.46. The Morgan fingerprint density at radius 3 is 2.96 bits per heavy atom. The van der Waals surface area contributed by atoms with Crippen LogP contribution >= 0.6 is 0 Å². The van der Waals surface area contributed by atoms with E-state index in [1.165, 1.54) is 0 Å². The summed E-state index contributed by atoms with van der Waals surface area (Å²) in [4.78, 5) is 15.9. The number of aryl methyl sites for hydroxylation is 1. The summed E-state index contributed by atoms with van der Waals surface area (Å²) in [7, 11) is 0. The second kappa shape index (κ2) is 6.87. The molecule has 1 aromatic heterocycles. The van der Waals surface area contributed by atoms with Crippen LogP contribution in [0.4, 0.5) is 16.2 Å². The molecule has 7 heteroatoms. The molecular weight excluding hydrogens is 296 g/mol. The summed E-state index contributed by atoms with van der Waals surface area (Å²) in [5.41, 5.74) is 2.74. The van der Waals surface area contributed by atoms with Gasteiger partial charge in [0.25, 0.3) is 0 Å². The zero-order chi connectivity index (χ0) is 16.1. The normalized spacial score (nSPS) is 11.9. The van der Waals surface area contributed by atoms with Crippen LogP contribution in [0.25, 0.3) is 0 Å². The molecule has 0 saturated carbocycles. The Morgan fingerprint density at radius 1 is 1.22 bits per heavy atom. The van der Waals surface area contributed by atoms with E-state index < -0.39 is 0 Å². The van der Waals surface area contributed by atoms with Crippen LogP contribution in [0.1, 0.15) is 5.56 Å². The number of hydrogen-bond donors (Lipinski definition) is 3. The van der Waals surface area contributed by atoms with E-state index in [0.717, 1.165) is 11.3 Å². The van der Waals surface area contributed by atoms with E-state index in [0.29, 0.717) is 30.3 Å². The van der Waals surface area contributed by atoms with Crippen LogP contribution in [0, 0.1) is 6.92 Å². The Bertz CT molecular complexity index is 705. The third-order valence-electron chi connectivity index (χ3n) is 3.38. The first-order valence-corrected chi connectivity index (χ1v) is 7.31. The number of nitrogens with one attached hydrogen (secondary N) is 3. The lowest BCUT2D eigenvalue weighted by Gasteiger charge is -2.11. The molecule has 2 amide bonds. The molecule has 0 unspecified atom stereocenters. The maximum absolute atomic E-state index is 11.9. The van der Waals surface area contributed by atoms with Crippen LogP contribution in [0.5, 0.6) is 11.5 Å². The zero-order valence-electron chi connectivity index (χ0n) is 12.8. The molecule has 0 fully saturated rings. The van der Waals surface area contributed by atoms with E-state index in [4.69, 9.17) is 9.47 Å². The molecule has 0 bridgehead atoms. The largest absolute Gasteiger partial charge is 0.454 e. The number of carbonyl (C=O) groups excluding carboxylic acids is 1. The molecule has 7 nitrogen and oxygen atoms in total. The first-order chi connectivity index (χ1) is 11.2. The van der Waals surface area contributed by atoms with Crippen molar-refractivity contribution in [3.05, 3.63) is 42.2 Å². The van der Waals surface area contributed by atoms with Crippen LogP contribution in [-0.2, 0) is 0 Å². The molecule has 23 heavy (non-hydrogen) atoms. The number of urea groups is 1. The summed E-state index contributed by atoms with van der Waals surface area (Å²) in [5, 5.41) is 8.79. The van der Waals surface area contributed by atoms with Gasteiger partial charge in [0.1, 0.15) is 0 Å². The van der Waals surface area contributed by atoms with Gasteiger partial charge in [0.05, 0.1) is 0 Å². The van der Waals surface area contributed by atoms with Gasteiger partial charge in [-0.2, -0.15) is 0 Å². The van der Waals surface area contributed by atoms with E-state index in [9.17, 15) is 4.79 Å². The van der Waals surface area contributed by atoms with Crippen LogP contribution in [0.15, 0.2) is 36.7 Å². The van der Waals surface area contributed by atoms with Gasteiger partial charge in [-0.25, -0.2) is 4.79 Å². The topological polar surface area (TPSA) is 84.5 Å². The molecular formula is C16H18N4O3. The number of hydrogen-bond acceptors (Lipinski definition) is 5. The number of benzene rings is 1. The number of nitrogens with zero attached hydrogens (tertiary/aromatic N) is 1. The summed E-state index contributed by atoms with van der Waals surface area (Å²) in [6.07, 6.45) is 3.53. The minimum Gasteiger partial charge on any atom is -0.454 e. The predicted molar refractivity (Wildman–Crippen MR) is 87.1 cm³/mol. The number of amides is 2. The van der Waals surface area contributed by atoms with Crippen LogP contribution < -0.4 is 25.4 Å². The van der Waals surface area contributed by atoms with Crippen molar-refractivity contribution < 1.29 is 14.3 Å². The Balaban J connectivity index is 1.42. The van der Waals surface area contributed by atoms with Gasteiger partial charge in [-0.15, -0.1) is 0 Å². The second-order valence-corrected chi connectivity index (χ2v) is 5.07. The van der Waals surface area contributed by atoms with Crippen molar-refractivity contribution in [2.75, 3.05) is 30.5 Å².